The maximum Gasteiger partial charge on any atom is 0.257 e. The van der Waals surface area contributed by atoms with Gasteiger partial charge in [-0.3, -0.25) is 4.79 Å². The Balaban J connectivity index is 1.40. The zero-order valence-corrected chi connectivity index (χ0v) is 17.7. The van der Waals surface area contributed by atoms with Crippen LogP contribution in [0.15, 0.2) is 53.1 Å². The van der Waals surface area contributed by atoms with Crippen molar-refractivity contribution in [1.82, 2.24) is 15.0 Å². The minimum Gasteiger partial charge on any atom is -0.491 e. The number of hydrogen-bond donors (Lipinski definition) is 0. The van der Waals surface area contributed by atoms with Crippen LogP contribution in [0, 0.1) is 0 Å². The lowest BCUT2D eigenvalue weighted by Crippen LogP contribution is -2.24. The van der Waals surface area contributed by atoms with Gasteiger partial charge < -0.3 is 14.2 Å². The minimum absolute atomic E-state index is 0.0477. The summed E-state index contributed by atoms with van der Waals surface area (Å²) in [4.78, 5) is 19.0. The number of carbonyl (C=O) groups is 1. The van der Waals surface area contributed by atoms with Crippen LogP contribution in [0.4, 0.5) is 0 Å². The lowest BCUT2D eigenvalue weighted by Gasteiger charge is -2.17. The van der Waals surface area contributed by atoms with E-state index in [0.717, 1.165) is 23.3 Å². The summed E-state index contributed by atoms with van der Waals surface area (Å²) < 4.78 is 11.1. The van der Waals surface area contributed by atoms with E-state index >= 15 is 0 Å². The first-order chi connectivity index (χ1) is 14.5. The lowest BCUT2D eigenvalue weighted by molar-refractivity contribution is -0.128. The Hall–Kier alpha value is -3.15. The second kappa shape index (κ2) is 8.69. The number of nitrogens with zero attached hydrogens (tertiary/aromatic N) is 3. The van der Waals surface area contributed by atoms with E-state index in [0.29, 0.717) is 31.2 Å². The van der Waals surface area contributed by atoms with E-state index in [1.165, 1.54) is 5.56 Å². The highest BCUT2D eigenvalue weighted by Crippen LogP contribution is 2.29. The third-order valence-electron chi connectivity index (χ3n) is 5.30. The average molecular weight is 405 g/mol. The van der Waals surface area contributed by atoms with Crippen molar-refractivity contribution in [3.63, 3.8) is 0 Å². The molecule has 1 aliphatic heterocycles. The third kappa shape index (κ3) is 4.53. The van der Waals surface area contributed by atoms with Crippen molar-refractivity contribution < 1.29 is 14.1 Å². The molecule has 3 aromatic rings. The molecule has 2 aromatic carbocycles. The molecule has 1 amide bonds. The molecule has 1 atom stereocenters. The van der Waals surface area contributed by atoms with Gasteiger partial charge in [0.05, 0.1) is 6.10 Å². The van der Waals surface area contributed by atoms with Gasteiger partial charge in [-0.15, -0.1) is 0 Å². The molecule has 0 aliphatic carbocycles. The van der Waals surface area contributed by atoms with Gasteiger partial charge in [-0.2, -0.15) is 4.98 Å². The Bertz CT molecular complexity index is 993. The van der Waals surface area contributed by atoms with E-state index in [1.807, 2.05) is 55.1 Å². The molecule has 0 bridgehead atoms. The van der Waals surface area contributed by atoms with Crippen LogP contribution in [0.1, 0.15) is 50.1 Å². The van der Waals surface area contributed by atoms with Crippen LogP contribution in [-0.2, 0) is 17.8 Å². The number of ether oxygens (including phenoxy) is 1. The maximum absolute atomic E-state index is 12.5. The van der Waals surface area contributed by atoms with Gasteiger partial charge in [-0.05, 0) is 55.7 Å². The van der Waals surface area contributed by atoms with Crippen molar-refractivity contribution in [3.8, 4) is 17.2 Å². The quantitative estimate of drug-likeness (QED) is 0.574. The molecule has 1 fully saturated rings. The summed E-state index contributed by atoms with van der Waals surface area (Å²) in [5, 5.41) is 4.15. The van der Waals surface area contributed by atoms with Crippen LogP contribution < -0.4 is 4.74 Å². The van der Waals surface area contributed by atoms with Gasteiger partial charge in [-0.25, -0.2) is 0 Å². The summed E-state index contributed by atoms with van der Waals surface area (Å²) >= 11 is 0. The molecule has 0 radical (unpaired) electrons. The van der Waals surface area contributed by atoms with E-state index in [2.05, 4.69) is 29.2 Å². The van der Waals surface area contributed by atoms with Gasteiger partial charge in [0.1, 0.15) is 5.75 Å². The van der Waals surface area contributed by atoms with Gasteiger partial charge in [0.2, 0.25) is 5.91 Å². The second-order valence-electron chi connectivity index (χ2n) is 7.99. The zero-order chi connectivity index (χ0) is 21.1. The molecule has 2 heterocycles. The van der Waals surface area contributed by atoms with Gasteiger partial charge >= 0.3 is 0 Å². The molecule has 0 saturated carbocycles. The molecule has 1 aromatic heterocycles. The Labute approximate surface area is 176 Å². The summed E-state index contributed by atoms with van der Waals surface area (Å²) in [5.41, 5.74) is 3.24. The van der Waals surface area contributed by atoms with E-state index in [-0.39, 0.29) is 17.9 Å². The fraction of sp³-hybridized carbons (Fsp3) is 0.375. The SMILES string of the molecule is CCc1ccc(-c2nc(C3CC(=O)N(Cc4ccc(OC(C)C)cc4)C3)no2)cc1. The van der Waals surface area contributed by atoms with E-state index in [4.69, 9.17) is 9.26 Å². The Kier molecular flexibility index (Phi) is 5.84. The number of benzene rings is 2. The topological polar surface area (TPSA) is 68.5 Å². The number of amides is 1. The lowest BCUT2D eigenvalue weighted by atomic mass is 10.1. The van der Waals surface area contributed by atoms with E-state index in [1.54, 1.807) is 0 Å². The highest BCUT2D eigenvalue weighted by molar-refractivity contribution is 5.79. The van der Waals surface area contributed by atoms with Crippen LogP contribution in [0.3, 0.4) is 0 Å². The highest BCUT2D eigenvalue weighted by atomic mass is 16.5. The number of likely N-dealkylation sites (tertiary alicyclic amines) is 1. The molecule has 0 N–H and O–H groups in total. The summed E-state index contributed by atoms with van der Waals surface area (Å²) in [5.74, 6) is 2.00. The monoisotopic (exact) mass is 405 g/mol. The minimum atomic E-state index is -0.0477. The molecule has 4 rings (SSSR count). The molecule has 1 aliphatic rings. The Morgan fingerprint density at radius 3 is 2.47 bits per heavy atom. The van der Waals surface area contributed by atoms with E-state index < -0.39 is 0 Å². The number of carbonyl (C=O) groups excluding carboxylic acids is 1. The first-order valence-corrected chi connectivity index (χ1v) is 10.5. The molecule has 1 saturated heterocycles. The van der Waals surface area contributed by atoms with Crippen molar-refractivity contribution in [2.45, 2.75) is 52.2 Å². The van der Waals surface area contributed by atoms with Gasteiger partial charge in [0.15, 0.2) is 5.82 Å². The summed E-state index contributed by atoms with van der Waals surface area (Å²) in [6, 6.07) is 16.0. The average Bonchev–Trinajstić information content (AvgIpc) is 3.36. The molecular formula is C24H27N3O3. The van der Waals surface area contributed by atoms with Gasteiger partial charge in [0, 0.05) is 31.0 Å². The predicted molar refractivity (Wildman–Crippen MR) is 114 cm³/mol. The highest BCUT2D eigenvalue weighted by Gasteiger charge is 2.33. The van der Waals surface area contributed by atoms with Crippen LogP contribution in [-0.4, -0.2) is 33.6 Å². The zero-order valence-electron chi connectivity index (χ0n) is 17.7. The smallest absolute Gasteiger partial charge is 0.257 e. The fourth-order valence-electron chi connectivity index (χ4n) is 3.66. The number of rotatable bonds is 7. The Morgan fingerprint density at radius 2 is 1.80 bits per heavy atom. The molecule has 6 nitrogen and oxygen atoms in total. The van der Waals surface area contributed by atoms with E-state index in [9.17, 15) is 4.79 Å². The van der Waals surface area contributed by atoms with Crippen LogP contribution >= 0.6 is 0 Å². The number of aromatic nitrogens is 2. The molecule has 156 valence electrons. The normalized spacial score (nSPS) is 16.5. The molecule has 6 heteroatoms. The van der Waals surface area contributed by atoms with Crippen LogP contribution in [0.25, 0.3) is 11.5 Å². The van der Waals surface area contributed by atoms with Crippen LogP contribution in [0.5, 0.6) is 5.75 Å². The second-order valence-corrected chi connectivity index (χ2v) is 7.99. The fourth-order valence-corrected chi connectivity index (χ4v) is 3.66. The van der Waals surface area contributed by atoms with Crippen molar-refractivity contribution in [2.24, 2.45) is 0 Å². The van der Waals surface area contributed by atoms with Crippen LogP contribution in [0.2, 0.25) is 0 Å². The van der Waals surface area contributed by atoms with Gasteiger partial charge in [-0.1, -0.05) is 36.3 Å². The largest absolute Gasteiger partial charge is 0.491 e. The number of hydrogen-bond acceptors (Lipinski definition) is 5. The van der Waals surface area contributed by atoms with Gasteiger partial charge in [0.25, 0.3) is 5.89 Å². The standard InChI is InChI=1S/C24H27N3O3/c1-4-17-5-9-19(10-6-17)24-25-23(26-30-24)20-13-22(28)27(15-20)14-18-7-11-21(12-8-18)29-16(2)3/h5-12,16,20H,4,13-15H2,1-3H3. The number of aryl methyl sites for hydroxylation is 1. The van der Waals surface area contributed by atoms with Crippen molar-refractivity contribution in [1.29, 1.82) is 0 Å². The maximum atomic E-state index is 12.5. The summed E-state index contributed by atoms with van der Waals surface area (Å²) in [6.07, 6.45) is 1.53. The molecular weight excluding hydrogens is 378 g/mol. The summed E-state index contributed by atoms with van der Waals surface area (Å²) in [6.45, 7) is 7.29. The first-order valence-electron chi connectivity index (χ1n) is 10.5. The Morgan fingerprint density at radius 1 is 1.10 bits per heavy atom. The molecule has 30 heavy (non-hydrogen) atoms. The predicted octanol–water partition coefficient (Wildman–Crippen LogP) is 4.60. The van der Waals surface area contributed by atoms with Crippen molar-refractivity contribution in [2.75, 3.05) is 6.54 Å². The van der Waals surface area contributed by atoms with Crippen molar-refractivity contribution in [3.05, 3.63) is 65.5 Å². The first kappa shape index (κ1) is 20.1. The van der Waals surface area contributed by atoms with Crippen molar-refractivity contribution >= 4 is 5.91 Å². The molecule has 1 unspecified atom stereocenters. The summed E-state index contributed by atoms with van der Waals surface area (Å²) in [7, 11) is 0. The third-order valence-corrected chi connectivity index (χ3v) is 5.30. The molecule has 0 spiro atoms.